The van der Waals surface area contributed by atoms with Gasteiger partial charge >= 0.3 is 12.0 Å². The molecule has 0 radical (unpaired) electrons. The van der Waals surface area contributed by atoms with E-state index in [4.69, 9.17) is 5.11 Å². The zero-order valence-corrected chi connectivity index (χ0v) is 13.6. The van der Waals surface area contributed by atoms with Gasteiger partial charge in [0, 0.05) is 12.0 Å². The van der Waals surface area contributed by atoms with E-state index >= 15 is 0 Å². The number of aliphatic carboxylic acids is 1. The Morgan fingerprint density at radius 3 is 2.52 bits per heavy atom. The highest BCUT2D eigenvalue weighted by atomic mass is 16.4. The summed E-state index contributed by atoms with van der Waals surface area (Å²) in [7, 11) is 0. The third-order valence-electron chi connectivity index (χ3n) is 4.44. The summed E-state index contributed by atoms with van der Waals surface area (Å²) in [6, 6.07) is -0.553. The predicted molar refractivity (Wildman–Crippen MR) is 80.5 cm³/mol. The van der Waals surface area contributed by atoms with Gasteiger partial charge in [0.25, 0.3) is 5.91 Å². The third-order valence-corrected chi connectivity index (χ3v) is 4.44. The summed E-state index contributed by atoms with van der Waals surface area (Å²) < 4.78 is 0. The van der Waals surface area contributed by atoms with Crippen LogP contribution in [0.15, 0.2) is 0 Å². The molecule has 1 unspecified atom stereocenters. The fourth-order valence-corrected chi connectivity index (χ4v) is 2.84. The highest BCUT2D eigenvalue weighted by molar-refractivity contribution is 6.09. The summed E-state index contributed by atoms with van der Waals surface area (Å²) in [5.41, 5.74) is -1.63. The van der Waals surface area contributed by atoms with E-state index in [0.717, 1.165) is 17.7 Å². The van der Waals surface area contributed by atoms with Crippen molar-refractivity contribution < 1.29 is 24.3 Å². The van der Waals surface area contributed by atoms with Crippen LogP contribution in [0.1, 0.15) is 46.5 Å². The van der Waals surface area contributed by atoms with Gasteiger partial charge < -0.3 is 15.7 Å². The lowest BCUT2D eigenvalue weighted by Gasteiger charge is -2.27. The highest BCUT2D eigenvalue weighted by Gasteiger charge is 2.56. The van der Waals surface area contributed by atoms with Crippen LogP contribution < -0.4 is 10.6 Å². The maximum Gasteiger partial charge on any atom is 0.325 e. The van der Waals surface area contributed by atoms with Crippen molar-refractivity contribution in [2.45, 2.75) is 57.5 Å². The molecule has 1 atom stereocenters. The number of carboxylic acid groups (broad SMARTS) is 1. The number of hydrogen-bond acceptors (Lipinski definition) is 4. The minimum absolute atomic E-state index is 0.0733. The highest BCUT2D eigenvalue weighted by Crippen LogP contribution is 2.42. The smallest absolute Gasteiger partial charge is 0.325 e. The number of amides is 4. The van der Waals surface area contributed by atoms with Gasteiger partial charge in [0.05, 0.1) is 0 Å². The van der Waals surface area contributed by atoms with Crippen molar-refractivity contribution in [1.29, 1.82) is 0 Å². The van der Waals surface area contributed by atoms with Crippen molar-refractivity contribution in [2.75, 3.05) is 6.54 Å². The molecule has 3 N–H and O–H groups in total. The Morgan fingerprint density at radius 1 is 1.39 bits per heavy atom. The largest absolute Gasteiger partial charge is 0.481 e. The summed E-state index contributed by atoms with van der Waals surface area (Å²) >= 11 is 0. The van der Waals surface area contributed by atoms with E-state index in [1.165, 1.54) is 0 Å². The van der Waals surface area contributed by atoms with Gasteiger partial charge in [0.1, 0.15) is 12.1 Å². The minimum Gasteiger partial charge on any atom is -0.481 e. The number of rotatable bonds is 7. The lowest BCUT2D eigenvalue weighted by molar-refractivity contribution is -0.138. The molecule has 4 amide bonds. The van der Waals surface area contributed by atoms with Crippen LogP contribution in [0, 0.1) is 5.92 Å². The van der Waals surface area contributed by atoms with E-state index in [-0.39, 0.29) is 31.2 Å². The lowest BCUT2D eigenvalue weighted by Crippen LogP contribution is -2.50. The summed E-state index contributed by atoms with van der Waals surface area (Å²) in [6.07, 6.45) is 1.97. The first-order valence-corrected chi connectivity index (χ1v) is 7.72. The Labute approximate surface area is 134 Å². The van der Waals surface area contributed by atoms with E-state index < -0.39 is 29.0 Å². The van der Waals surface area contributed by atoms with Gasteiger partial charge in [-0.2, -0.15) is 0 Å². The zero-order valence-electron chi connectivity index (χ0n) is 13.6. The number of hydrogen-bond donors (Lipinski definition) is 3. The number of nitrogens with zero attached hydrogens (tertiary/aromatic N) is 1. The second-order valence-electron chi connectivity index (χ2n) is 7.12. The molecule has 2 aliphatic rings. The van der Waals surface area contributed by atoms with Gasteiger partial charge in [-0.25, -0.2) is 4.79 Å². The average molecular weight is 325 g/mol. The van der Waals surface area contributed by atoms with Crippen LogP contribution in [0.2, 0.25) is 0 Å². The first-order chi connectivity index (χ1) is 10.5. The summed E-state index contributed by atoms with van der Waals surface area (Å²) in [4.78, 5) is 48.1. The molecule has 128 valence electrons. The Hall–Kier alpha value is -2.12. The SMILES string of the molecule is CC(C)(CCC(=O)O)NC(=O)CN1C(=O)NC(C)(C2CC2)C1=O. The first-order valence-electron chi connectivity index (χ1n) is 7.72. The quantitative estimate of drug-likeness (QED) is 0.588. The standard InChI is InChI=1S/C15H23N3O5/c1-14(2,7-6-11(20)21)16-10(19)8-18-12(22)15(3,9-4-5-9)17-13(18)23/h9H,4-8H2,1-3H3,(H,16,19)(H,17,23)(H,20,21). The summed E-state index contributed by atoms with van der Waals surface area (Å²) in [6.45, 7) is 4.74. The van der Waals surface area contributed by atoms with Crippen LogP contribution in [0.4, 0.5) is 4.79 Å². The molecule has 2 rings (SSSR count). The topological polar surface area (TPSA) is 116 Å². The molecule has 1 saturated carbocycles. The number of nitrogens with one attached hydrogen (secondary N) is 2. The molecule has 0 aromatic carbocycles. The van der Waals surface area contributed by atoms with Crippen molar-refractivity contribution >= 4 is 23.8 Å². The van der Waals surface area contributed by atoms with Crippen LogP contribution >= 0.6 is 0 Å². The Balaban J connectivity index is 1.93. The van der Waals surface area contributed by atoms with Crippen LogP contribution in [0.3, 0.4) is 0 Å². The minimum atomic E-state index is -0.943. The maximum atomic E-state index is 12.4. The molecule has 1 saturated heterocycles. The number of carbonyl (C=O) groups is 4. The van der Waals surface area contributed by atoms with Crippen LogP contribution in [0.25, 0.3) is 0 Å². The van der Waals surface area contributed by atoms with E-state index in [2.05, 4.69) is 10.6 Å². The third kappa shape index (κ3) is 3.80. The number of urea groups is 1. The number of imide groups is 1. The predicted octanol–water partition coefficient (Wildman–Crippen LogP) is 0.467. The van der Waals surface area contributed by atoms with Crippen molar-refractivity contribution in [3.63, 3.8) is 0 Å². The molecular formula is C15H23N3O5. The first kappa shape index (κ1) is 17.2. The summed E-state index contributed by atoms with van der Waals surface area (Å²) in [5, 5.41) is 14.1. The molecule has 23 heavy (non-hydrogen) atoms. The zero-order chi connectivity index (χ0) is 17.4. The molecule has 0 aromatic rings. The molecule has 0 bridgehead atoms. The molecule has 1 aliphatic carbocycles. The molecular weight excluding hydrogens is 302 g/mol. The molecule has 1 aliphatic heterocycles. The average Bonchev–Trinajstić information content (AvgIpc) is 3.23. The second kappa shape index (κ2) is 5.82. The lowest BCUT2D eigenvalue weighted by atomic mass is 9.96. The van der Waals surface area contributed by atoms with E-state index in [1.54, 1.807) is 20.8 Å². The Morgan fingerprint density at radius 2 is 2.00 bits per heavy atom. The van der Waals surface area contributed by atoms with Crippen LogP contribution in [-0.4, -0.2) is 51.4 Å². The Bertz CT molecular complexity index is 555. The molecule has 8 heteroatoms. The van der Waals surface area contributed by atoms with Gasteiger partial charge in [-0.3, -0.25) is 19.3 Å². The van der Waals surface area contributed by atoms with Gasteiger partial charge in [-0.05, 0) is 46.0 Å². The number of carboxylic acids is 1. The number of carbonyl (C=O) groups excluding carboxylic acids is 3. The van der Waals surface area contributed by atoms with Crippen molar-refractivity contribution in [1.82, 2.24) is 15.5 Å². The summed E-state index contributed by atoms with van der Waals surface area (Å²) in [5.74, 6) is -1.66. The monoisotopic (exact) mass is 325 g/mol. The van der Waals surface area contributed by atoms with Gasteiger partial charge in [0.2, 0.25) is 5.91 Å². The fraction of sp³-hybridized carbons (Fsp3) is 0.733. The second-order valence-corrected chi connectivity index (χ2v) is 7.12. The maximum absolute atomic E-state index is 12.4. The van der Waals surface area contributed by atoms with Crippen LogP contribution in [0.5, 0.6) is 0 Å². The van der Waals surface area contributed by atoms with E-state index in [0.29, 0.717) is 0 Å². The van der Waals surface area contributed by atoms with Crippen LogP contribution in [-0.2, 0) is 14.4 Å². The Kier molecular flexibility index (Phi) is 4.37. The van der Waals surface area contributed by atoms with Gasteiger partial charge in [0.15, 0.2) is 0 Å². The molecule has 2 fully saturated rings. The van der Waals surface area contributed by atoms with E-state index in [1.807, 2.05) is 0 Å². The molecule has 1 heterocycles. The fourth-order valence-electron chi connectivity index (χ4n) is 2.84. The van der Waals surface area contributed by atoms with Gasteiger partial charge in [-0.15, -0.1) is 0 Å². The van der Waals surface area contributed by atoms with Crippen molar-refractivity contribution in [3.8, 4) is 0 Å². The normalized spacial score (nSPS) is 24.6. The molecule has 8 nitrogen and oxygen atoms in total. The molecule has 0 aromatic heterocycles. The van der Waals surface area contributed by atoms with E-state index in [9.17, 15) is 19.2 Å². The van der Waals surface area contributed by atoms with Crippen molar-refractivity contribution in [2.24, 2.45) is 5.92 Å². The molecule has 0 spiro atoms. The van der Waals surface area contributed by atoms with Crippen molar-refractivity contribution in [3.05, 3.63) is 0 Å². The van der Waals surface area contributed by atoms with Gasteiger partial charge in [-0.1, -0.05) is 0 Å².